The summed E-state index contributed by atoms with van der Waals surface area (Å²) in [6, 6.07) is 7.75. The molecule has 1 amide bonds. The standard InChI is InChI=1S/C19H18FNO5/c1-21-17(10-5-4-6-11(20)7-10)16(19(23)24)12-8-14(25-2)15(26-3)9-13(12)18(21)22/h4-9,16-17H,1-3H3,(H,23,24)/t16-,17-/m1/s1. The van der Waals surface area contributed by atoms with Crippen LogP contribution in [-0.2, 0) is 4.79 Å². The Hall–Kier alpha value is -3.09. The van der Waals surface area contributed by atoms with E-state index in [2.05, 4.69) is 0 Å². The molecule has 0 saturated heterocycles. The normalized spacial score (nSPS) is 19.1. The number of aliphatic carboxylic acids is 1. The fourth-order valence-corrected chi connectivity index (χ4v) is 3.42. The van der Waals surface area contributed by atoms with Crippen molar-refractivity contribution in [2.24, 2.45) is 0 Å². The summed E-state index contributed by atoms with van der Waals surface area (Å²) in [6.07, 6.45) is 0. The minimum absolute atomic E-state index is 0.227. The zero-order chi connectivity index (χ0) is 19.0. The third-order valence-corrected chi connectivity index (χ3v) is 4.63. The lowest BCUT2D eigenvalue weighted by Gasteiger charge is -2.38. The molecular weight excluding hydrogens is 341 g/mol. The Kier molecular flexibility index (Phi) is 4.54. The number of ether oxygens (including phenoxy) is 2. The van der Waals surface area contributed by atoms with Crippen molar-refractivity contribution in [2.45, 2.75) is 12.0 Å². The lowest BCUT2D eigenvalue weighted by Crippen LogP contribution is -2.42. The number of carboxylic acids is 1. The highest BCUT2D eigenvalue weighted by Crippen LogP contribution is 2.45. The van der Waals surface area contributed by atoms with Gasteiger partial charge in [-0.05, 0) is 35.4 Å². The number of hydrogen-bond acceptors (Lipinski definition) is 4. The summed E-state index contributed by atoms with van der Waals surface area (Å²) in [5, 5.41) is 9.88. The third kappa shape index (κ3) is 2.75. The van der Waals surface area contributed by atoms with Crippen LogP contribution in [0.5, 0.6) is 11.5 Å². The van der Waals surface area contributed by atoms with Crippen molar-refractivity contribution in [1.29, 1.82) is 0 Å². The van der Waals surface area contributed by atoms with E-state index in [4.69, 9.17) is 9.47 Å². The SMILES string of the molecule is COc1cc2c(cc1OC)[C@@H](C(=O)O)[C@@H](c1cccc(F)c1)N(C)C2=O. The van der Waals surface area contributed by atoms with Gasteiger partial charge >= 0.3 is 5.97 Å². The van der Waals surface area contributed by atoms with E-state index >= 15 is 0 Å². The molecule has 2 aromatic carbocycles. The molecule has 1 heterocycles. The van der Waals surface area contributed by atoms with Crippen molar-refractivity contribution < 1.29 is 28.6 Å². The first-order chi connectivity index (χ1) is 12.4. The van der Waals surface area contributed by atoms with Crippen LogP contribution in [0.25, 0.3) is 0 Å². The monoisotopic (exact) mass is 359 g/mol. The summed E-state index contributed by atoms with van der Waals surface area (Å²) in [6.45, 7) is 0. The molecule has 0 saturated carbocycles. The number of likely N-dealkylation sites (N-methyl/N-ethyl adjacent to an activating group) is 1. The van der Waals surface area contributed by atoms with Crippen LogP contribution in [0.15, 0.2) is 36.4 Å². The van der Waals surface area contributed by atoms with E-state index in [0.29, 0.717) is 22.6 Å². The zero-order valence-electron chi connectivity index (χ0n) is 14.5. The van der Waals surface area contributed by atoms with Gasteiger partial charge in [-0.3, -0.25) is 9.59 Å². The van der Waals surface area contributed by atoms with Gasteiger partial charge in [-0.1, -0.05) is 12.1 Å². The van der Waals surface area contributed by atoms with E-state index in [0.717, 1.165) is 0 Å². The number of nitrogens with zero attached hydrogens (tertiary/aromatic N) is 1. The second-order valence-electron chi connectivity index (χ2n) is 6.03. The number of benzene rings is 2. The number of halogens is 1. The molecule has 3 rings (SSSR count). The summed E-state index contributed by atoms with van der Waals surface area (Å²) in [5.41, 5.74) is 0.950. The van der Waals surface area contributed by atoms with Crippen LogP contribution in [0.1, 0.15) is 33.4 Å². The quantitative estimate of drug-likeness (QED) is 0.908. The van der Waals surface area contributed by atoms with Crippen LogP contribution < -0.4 is 9.47 Å². The van der Waals surface area contributed by atoms with Crippen molar-refractivity contribution in [3.05, 3.63) is 58.9 Å². The van der Waals surface area contributed by atoms with E-state index in [1.807, 2.05) is 0 Å². The molecule has 26 heavy (non-hydrogen) atoms. The second kappa shape index (κ2) is 6.67. The Morgan fingerprint density at radius 2 is 1.81 bits per heavy atom. The lowest BCUT2D eigenvalue weighted by atomic mass is 9.80. The molecule has 0 aromatic heterocycles. The Labute approximate surface area is 149 Å². The van der Waals surface area contributed by atoms with Crippen molar-refractivity contribution >= 4 is 11.9 Å². The molecule has 0 aliphatic carbocycles. The first-order valence-corrected chi connectivity index (χ1v) is 7.90. The van der Waals surface area contributed by atoms with Crippen LogP contribution in [0.3, 0.4) is 0 Å². The van der Waals surface area contributed by atoms with E-state index in [1.54, 1.807) is 6.07 Å². The molecule has 136 valence electrons. The number of rotatable bonds is 4. The Bertz CT molecular complexity index is 882. The average molecular weight is 359 g/mol. The molecule has 1 N–H and O–H groups in total. The van der Waals surface area contributed by atoms with Gasteiger partial charge in [0.25, 0.3) is 5.91 Å². The molecule has 6 nitrogen and oxygen atoms in total. The Balaban J connectivity index is 2.25. The highest BCUT2D eigenvalue weighted by Gasteiger charge is 2.43. The number of methoxy groups -OCH3 is 2. The van der Waals surface area contributed by atoms with Crippen LogP contribution in [0.2, 0.25) is 0 Å². The maximum atomic E-state index is 13.7. The fraction of sp³-hybridized carbons (Fsp3) is 0.263. The van der Waals surface area contributed by atoms with Crippen molar-refractivity contribution in [2.75, 3.05) is 21.3 Å². The molecule has 1 aliphatic rings. The van der Waals surface area contributed by atoms with Crippen molar-refractivity contribution in [1.82, 2.24) is 4.90 Å². The molecule has 0 radical (unpaired) electrons. The summed E-state index contributed by atoms with van der Waals surface area (Å²) < 4.78 is 24.2. The molecule has 1 aliphatic heterocycles. The Morgan fingerprint density at radius 1 is 1.15 bits per heavy atom. The summed E-state index contributed by atoms with van der Waals surface area (Å²) in [4.78, 5) is 26.3. The van der Waals surface area contributed by atoms with Gasteiger partial charge in [-0.15, -0.1) is 0 Å². The van der Waals surface area contributed by atoms with Crippen LogP contribution >= 0.6 is 0 Å². The second-order valence-corrected chi connectivity index (χ2v) is 6.03. The van der Waals surface area contributed by atoms with Gasteiger partial charge in [0.05, 0.1) is 20.3 Å². The minimum atomic E-state index is -1.12. The average Bonchev–Trinajstić information content (AvgIpc) is 2.62. The number of carboxylic acid groups (broad SMARTS) is 1. The maximum absolute atomic E-state index is 13.7. The molecule has 0 bridgehead atoms. The topological polar surface area (TPSA) is 76.1 Å². The summed E-state index contributed by atoms with van der Waals surface area (Å²) in [7, 11) is 4.37. The predicted octanol–water partition coefficient (Wildman–Crippen LogP) is 2.84. The smallest absolute Gasteiger partial charge is 0.313 e. The maximum Gasteiger partial charge on any atom is 0.313 e. The minimum Gasteiger partial charge on any atom is -0.493 e. The van der Waals surface area contributed by atoms with Crippen LogP contribution in [0.4, 0.5) is 4.39 Å². The molecule has 0 spiro atoms. The summed E-state index contributed by atoms with van der Waals surface area (Å²) in [5.74, 6) is -2.39. The zero-order valence-corrected chi connectivity index (χ0v) is 14.5. The molecule has 2 atom stereocenters. The molecule has 0 unspecified atom stereocenters. The summed E-state index contributed by atoms with van der Waals surface area (Å²) >= 11 is 0. The number of amides is 1. The number of hydrogen-bond donors (Lipinski definition) is 1. The van der Waals surface area contributed by atoms with Crippen LogP contribution in [0, 0.1) is 5.82 Å². The van der Waals surface area contributed by atoms with Gasteiger partial charge in [-0.2, -0.15) is 0 Å². The first kappa shape index (κ1) is 17.7. The highest BCUT2D eigenvalue weighted by molar-refractivity contribution is 6.01. The van der Waals surface area contributed by atoms with Gasteiger partial charge in [-0.25, -0.2) is 4.39 Å². The third-order valence-electron chi connectivity index (χ3n) is 4.63. The number of carbonyl (C=O) groups excluding carboxylic acids is 1. The van der Waals surface area contributed by atoms with Crippen molar-refractivity contribution in [3.8, 4) is 11.5 Å². The lowest BCUT2D eigenvalue weighted by molar-refractivity contribution is -0.140. The first-order valence-electron chi connectivity index (χ1n) is 7.90. The molecular formula is C19H18FNO5. The van der Waals surface area contributed by atoms with Gasteiger partial charge < -0.3 is 19.5 Å². The number of carbonyl (C=O) groups is 2. The van der Waals surface area contributed by atoms with Gasteiger partial charge in [0.15, 0.2) is 11.5 Å². The highest BCUT2D eigenvalue weighted by atomic mass is 19.1. The predicted molar refractivity (Wildman–Crippen MR) is 91.2 cm³/mol. The number of fused-ring (bicyclic) bond motifs is 1. The van der Waals surface area contributed by atoms with Gasteiger partial charge in [0.2, 0.25) is 0 Å². The van der Waals surface area contributed by atoms with E-state index < -0.39 is 23.7 Å². The van der Waals surface area contributed by atoms with E-state index in [-0.39, 0.29) is 11.5 Å². The van der Waals surface area contributed by atoms with Gasteiger partial charge in [0, 0.05) is 12.6 Å². The van der Waals surface area contributed by atoms with E-state index in [9.17, 15) is 19.1 Å². The largest absolute Gasteiger partial charge is 0.493 e. The molecule has 0 fully saturated rings. The van der Waals surface area contributed by atoms with Crippen LogP contribution in [-0.4, -0.2) is 43.2 Å². The fourth-order valence-electron chi connectivity index (χ4n) is 3.42. The Morgan fingerprint density at radius 3 is 2.38 bits per heavy atom. The van der Waals surface area contributed by atoms with Gasteiger partial charge in [0.1, 0.15) is 11.7 Å². The van der Waals surface area contributed by atoms with Crippen molar-refractivity contribution in [3.63, 3.8) is 0 Å². The van der Waals surface area contributed by atoms with E-state index in [1.165, 1.54) is 56.5 Å². The molecule has 2 aromatic rings. The molecule has 7 heteroatoms.